The number of rotatable bonds is 7. The lowest BCUT2D eigenvalue weighted by Crippen LogP contribution is -2.50. The fraction of sp³-hybridized carbons (Fsp3) is 0.702. The number of hydrogen-bond donors (Lipinski definition) is 1. The second-order valence-electron chi connectivity index (χ2n) is 19.2. The lowest BCUT2D eigenvalue weighted by atomic mass is 9.47. The predicted octanol–water partition coefficient (Wildman–Crippen LogP) is 10.6. The molecule has 1 N–H and O–H groups in total. The Morgan fingerprint density at radius 2 is 1.33 bits per heavy atom. The molecule has 7 nitrogen and oxygen atoms in total. The molecule has 8 aliphatic rings. The van der Waals surface area contributed by atoms with Gasteiger partial charge in [-0.15, -0.1) is 0 Å². The van der Waals surface area contributed by atoms with Crippen molar-refractivity contribution in [2.45, 2.75) is 124 Å². The van der Waals surface area contributed by atoms with Crippen LogP contribution in [0.25, 0.3) is 0 Å². The smallest absolute Gasteiger partial charge is 0.231 e. The molecule has 54 heavy (non-hydrogen) atoms. The molecule has 2 saturated heterocycles. The van der Waals surface area contributed by atoms with E-state index in [2.05, 4.69) is 52.8 Å². The van der Waals surface area contributed by atoms with Crippen molar-refractivity contribution in [3.8, 4) is 23.0 Å². The van der Waals surface area contributed by atoms with Crippen molar-refractivity contribution in [2.75, 3.05) is 26.8 Å². The third-order valence-corrected chi connectivity index (χ3v) is 16.0. The molecule has 0 bridgehead atoms. The van der Waals surface area contributed by atoms with Gasteiger partial charge in [0.2, 0.25) is 13.6 Å². The zero-order valence-electron chi connectivity index (χ0n) is 33.4. The highest BCUT2D eigenvalue weighted by Gasteiger charge is 2.59. The maximum absolute atomic E-state index is 10.2. The van der Waals surface area contributed by atoms with Crippen molar-refractivity contribution in [3.05, 3.63) is 59.2 Å². The second kappa shape index (κ2) is 14.6. The molecule has 0 unspecified atom stereocenters. The van der Waals surface area contributed by atoms with E-state index >= 15 is 0 Å². The number of benzene rings is 2. The fourth-order valence-corrected chi connectivity index (χ4v) is 13.1. The van der Waals surface area contributed by atoms with Crippen molar-refractivity contribution in [2.24, 2.45) is 58.2 Å². The Labute approximate surface area is 323 Å². The lowest BCUT2D eigenvalue weighted by molar-refractivity contribution is -0.0573. The molecule has 12 atom stereocenters. The summed E-state index contributed by atoms with van der Waals surface area (Å²) < 4.78 is 34.2. The summed E-state index contributed by atoms with van der Waals surface area (Å²) in [6, 6.07) is 12.1. The third kappa shape index (κ3) is 6.46. The van der Waals surface area contributed by atoms with Crippen LogP contribution in [-0.2, 0) is 9.47 Å². The van der Waals surface area contributed by atoms with Gasteiger partial charge < -0.3 is 33.5 Å². The third-order valence-electron chi connectivity index (χ3n) is 16.0. The van der Waals surface area contributed by atoms with Crippen LogP contribution in [0.5, 0.6) is 23.0 Å². The van der Waals surface area contributed by atoms with Gasteiger partial charge >= 0.3 is 0 Å². The Kier molecular flexibility index (Phi) is 10.00. The minimum absolute atomic E-state index is 0.0218. The molecule has 10 rings (SSSR count). The fourth-order valence-electron chi connectivity index (χ4n) is 13.1. The molecular weight excluding hydrogens is 677 g/mol. The summed E-state index contributed by atoms with van der Waals surface area (Å²) in [6.45, 7) is 14.5. The molecule has 2 aromatic carbocycles. The van der Waals surface area contributed by atoms with Crippen LogP contribution in [0, 0.1) is 58.2 Å². The van der Waals surface area contributed by atoms with Gasteiger partial charge in [-0.05, 0) is 133 Å². The largest absolute Gasteiger partial charge is 0.454 e. The molecule has 4 aliphatic carbocycles. The standard InChI is InChI=1S/C27H46O.C20H18O6/c1-18(2)7-6-8-19(3)23-11-12-24-22-10-9-20-17-21(28)13-15-26(20,4)25(22)14-16-27(23,24)5;1-3-15-17(25-9-23-15)5-11(1)19-13-7-22-20(14(13)8-21-19)12-2-4-16-18(6-12)26-10-24-16/h9,18-19,21-25,28H,6-8,10-17H2,1-5H3;1-6,13-14,19-20H,7-10H2/t19-,21+,22+,23-,24+,25+,26+,27-;13-,14-,19+,20+/m10/s1. The highest BCUT2D eigenvalue weighted by Crippen LogP contribution is 2.67. The minimum atomic E-state index is -0.0766. The monoisotopic (exact) mass is 740 g/mol. The van der Waals surface area contributed by atoms with Crippen LogP contribution < -0.4 is 18.9 Å². The summed E-state index contributed by atoms with van der Waals surface area (Å²) in [6.07, 6.45) is 17.2. The van der Waals surface area contributed by atoms with Crippen molar-refractivity contribution in [3.63, 3.8) is 0 Å². The number of aliphatic hydroxyl groups is 1. The molecule has 2 aromatic rings. The first-order chi connectivity index (χ1) is 26.1. The van der Waals surface area contributed by atoms with Crippen molar-refractivity contribution in [1.29, 1.82) is 0 Å². The quantitative estimate of drug-likeness (QED) is 0.283. The Hall–Kier alpha value is -2.74. The Bertz CT molecular complexity index is 1630. The first-order valence-corrected chi connectivity index (χ1v) is 21.5. The molecule has 4 aliphatic heterocycles. The molecule has 5 fully saturated rings. The van der Waals surface area contributed by atoms with Crippen molar-refractivity contribution < 1.29 is 33.5 Å². The van der Waals surface area contributed by atoms with E-state index in [-0.39, 0.29) is 31.9 Å². The molecule has 0 spiro atoms. The van der Waals surface area contributed by atoms with Crippen LogP contribution in [0.3, 0.4) is 0 Å². The highest BCUT2D eigenvalue weighted by molar-refractivity contribution is 5.47. The average Bonchev–Trinajstić information content (AvgIpc) is 4.00. The van der Waals surface area contributed by atoms with Crippen LogP contribution >= 0.6 is 0 Å². The van der Waals surface area contributed by atoms with Crippen LogP contribution in [0.15, 0.2) is 48.0 Å². The van der Waals surface area contributed by atoms with Gasteiger partial charge in [-0.1, -0.05) is 77.7 Å². The SMILES string of the molecule is CC(C)CCC[C@@H](C)[C@H]1CC[C@H]2[C@@H]3CC=C4C[C@@H](O)CC[C@]4(C)[C@H]3CC[C@]12C.c1cc2c(cc1[C@H]1OC[C@H]3[C@@H]1CO[C@@H]3c1ccc3c(c1)OCO3)OCO2. The lowest BCUT2D eigenvalue weighted by Gasteiger charge is -2.58. The Morgan fingerprint density at radius 3 is 1.96 bits per heavy atom. The van der Waals surface area contributed by atoms with Crippen LogP contribution in [0.1, 0.15) is 129 Å². The summed E-state index contributed by atoms with van der Waals surface area (Å²) in [5, 5.41) is 10.2. The maximum Gasteiger partial charge on any atom is 0.231 e. The van der Waals surface area contributed by atoms with Crippen molar-refractivity contribution >= 4 is 0 Å². The van der Waals surface area contributed by atoms with Gasteiger partial charge in [0.1, 0.15) is 0 Å². The molecule has 0 aromatic heterocycles. The van der Waals surface area contributed by atoms with Crippen LogP contribution in [0.2, 0.25) is 0 Å². The van der Waals surface area contributed by atoms with Gasteiger partial charge in [-0.25, -0.2) is 0 Å². The summed E-state index contributed by atoms with van der Waals surface area (Å²) in [4.78, 5) is 0. The van der Waals surface area contributed by atoms with Gasteiger partial charge in [0, 0.05) is 11.8 Å². The number of aliphatic hydroxyl groups excluding tert-OH is 1. The molecular formula is C47H64O7. The van der Waals surface area contributed by atoms with E-state index in [1.807, 2.05) is 24.3 Å². The van der Waals surface area contributed by atoms with Gasteiger partial charge in [-0.3, -0.25) is 0 Å². The van der Waals surface area contributed by atoms with Crippen LogP contribution in [0.4, 0.5) is 0 Å². The first-order valence-electron chi connectivity index (χ1n) is 21.5. The molecule has 3 saturated carbocycles. The van der Waals surface area contributed by atoms with Gasteiger partial charge in [0.25, 0.3) is 0 Å². The number of ether oxygens (including phenoxy) is 6. The molecule has 294 valence electrons. The number of allylic oxidation sites excluding steroid dienone is 1. The van der Waals surface area contributed by atoms with Gasteiger partial charge in [0.05, 0.1) is 31.5 Å². The van der Waals surface area contributed by atoms with Gasteiger partial charge in [0.15, 0.2) is 23.0 Å². The summed E-state index contributed by atoms with van der Waals surface area (Å²) in [5.41, 5.74) is 4.85. The summed E-state index contributed by atoms with van der Waals surface area (Å²) in [5.74, 6) is 9.28. The van der Waals surface area contributed by atoms with E-state index < -0.39 is 0 Å². The van der Waals surface area contributed by atoms with E-state index in [0.717, 1.165) is 82.5 Å². The number of fused-ring (bicyclic) bond motifs is 8. The Morgan fingerprint density at radius 1 is 0.704 bits per heavy atom. The summed E-state index contributed by atoms with van der Waals surface area (Å²) >= 11 is 0. The van der Waals surface area contributed by atoms with E-state index in [1.54, 1.807) is 5.57 Å². The molecule has 7 heteroatoms. The first kappa shape index (κ1) is 36.9. The van der Waals surface area contributed by atoms with E-state index in [0.29, 0.717) is 35.9 Å². The van der Waals surface area contributed by atoms with E-state index in [9.17, 15) is 5.11 Å². The Balaban J connectivity index is 0.000000143. The number of hydrogen-bond acceptors (Lipinski definition) is 7. The minimum Gasteiger partial charge on any atom is -0.454 e. The zero-order valence-corrected chi connectivity index (χ0v) is 33.4. The second-order valence-corrected chi connectivity index (χ2v) is 19.2. The zero-order chi connectivity index (χ0) is 37.2. The molecule has 0 amide bonds. The topological polar surface area (TPSA) is 75.6 Å². The van der Waals surface area contributed by atoms with Gasteiger partial charge in [-0.2, -0.15) is 0 Å². The average molecular weight is 741 g/mol. The normalized spacial score (nSPS) is 38.9. The van der Waals surface area contributed by atoms with E-state index in [1.165, 1.54) is 57.8 Å². The summed E-state index contributed by atoms with van der Waals surface area (Å²) in [7, 11) is 0. The van der Waals surface area contributed by atoms with Crippen LogP contribution in [-0.4, -0.2) is 38.0 Å². The molecule has 4 heterocycles. The van der Waals surface area contributed by atoms with E-state index in [4.69, 9.17) is 28.4 Å². The predicted molar refractivity (Wildman–Crippen MR) is 209 cm³/mol. The molecule has 0 radical (unpaired) electrons. The highest BCUT2D eigenvalue weighted by atomic mass is 16.7. The van der Waals surface area contributed by atoms with Crippen molar-refractivity contribution in [1.82, 2.24) is 0 Å². The maximum atomic E-state index is 10.2.